The fourth-order valence-corrected chi connectivity index (χ4v) is 2.76. The predicted molar refractivity (Wildman–Crippen MR) is 91.8 cm³/mol. The summed E-state index contributed by atoms with van der Waals surface area (Å²) >= 11 is 3.48. The Morgan fingerprint density at radius 3 is 2.57 bits per heavy atom. The van der Waals surface area contributed by atoms with E-state index >= 15 is 0 Å². The summed E-state index contributed by atoms with van der Waals surface area (Å²) in [6.07, 6.45) is 0. The van der Waals surface area contributed by atoms with E-state index in [1.807, 2.05) is 25.1 Å². The molecular weight excluding hydrogens is 326 g/mol. The number of halogens is 1. The third-order valence-corrected chi connectivity index (χ3v) is 4.01. The van der Waals surface area contributed by atoms with Gasteiger partial charge in [-0.3, -0.25) is 0 Å². The Bertz CT molecular complexity index is 798. The second-order valence-electron chi connectivity index (χ2n) is 5.19. The molecule has 0 amide bonds. The fourth-order valence-electron chi connectivity index (χ4n) is 2.38. The zero-order valence-electron chi connectivity index (χ0n) is 11.7. The van der Waals surface area contributed by atoms with Crippen LogP contribution in [0.5, 0.6) is 5.75 Å². The summed E-state index contributed by atoms with van der Waals surface area (Å²) in [6.45, 7) is 2.63. The molecule has 0 saturated heterocycles. The van der Waals surface area contributed by atoms with Crippen molar-refractivity contribution in [2.24, 2.45) is 0 Å². The molecule has 0 radical (unpaired) electrons. The maximum atomic E-state index is 9.87. The number of phenols is 1. The van der Waals surface area contributed by atoms with E-state index in [9.17, 15) is 5.11 Å². The molecule has 0 aliphatic carbocycles. The molecule has 106 valence electrons. The predicted octanol–water partition coefficient (Wildman–Crippen LogP) is 5.23. The van der Waals surface area contributed by atoms with Crippen molar-refractivity contribution in [3.05, 3.63) is 70.2 Å². The van der Waals surface area contributed by atoms with Gasteiger partial charge in [0.1, 0.15) is 5.75 Å². The van der Waals surface area contributed by atoms with Crippen LogP contribution in [0, 0.1) is 6.92 Å². The van der Waals surface area contributed by atoms with Gasteiger partial charge in [0, 0.05) is 22.3 Å². The molecule has 21 heavy (non-hydrogen) atoms. The number of aromatic hydroxyl groups is 1. The number of phenolic OH excluding ortho intramolecular Hbond substituents is 1. The van der Waals surface area contributed by atoms with E-state index in [2.05, 4.69) is 51.6 Å². The summed E-state index contributed by atoms with van der Waals surface area (Å²) in [5, 5.41) is 15.6. The van der Waals surface area contributed by atoms with Gasteiger partial charge in [-0.2, -0.15) is 0 Å². The summed E-state index contributed by atoms with van der Waals surface area (Å²) in [7, 11) is 0. The Morgan fingerprint density at radius 2 is 1.71 bits per heavy atom. The largest absolute Gasteiger partial charge is 0.508 e. The van der Waals surface area contributed by atoms with Gasteiger partial charge in [-0.15, -0.1) is 0 Å². The van der Waals surface area contributed by atoms with E-state index in [0.717, 1.165) is 21.3 Å². The minimum atomic E-state index is 0.331. The lowest BCUT2D eigenvalue weighted by Gasteiger charge is -2.10. The Balaban J connectivity index is 1.82. The first-order chi connectivity index (χ1) is 10.1. The van der Waals surface area contributed by atoms with Crippen LogP contribution in [0.1, 0.15) is 11.1 Å². The first kappa shape index (κ1) is 14.0. The van der Waals surface area contributed by atoms with Crippen LogP contribution in [0.3, 0.4) is 0 Å². The lowest BCUT2D eigenvalue weighted by atomic mass is 10.1. The number of anilines is 1. The summed E-state index contributed by atoms with van der Waals surface area (Å²) in [5.74, 6) is 0.331. The van der Waals surface area contributed by atoms with Gasteiger partial charge >= 0.3 is 0 Å². The highest BCUT2D eigenvalue weighted by Gasteiger charge is 2.02. The van der Waals surface area contributed by atoms with Crippen molar-refractivity contribution < 1.29 is 5.11 Å². The smallest absolute Gasteiger partial charge is 0.120 e. The quantitative estimate of drug-likeness (QED) is 0.683. The van der Waals surface area contributed by atoms with Crippen molar-refractivity contribution in [3.63, 3.8) is 0 Å². The molecule has 0 unspecified atom stereocenters. The molecule has 0 heterocycles. The van der Waals surface area contributed by atoms with Gasteiger partial charge < -0.3 is 10.4 Å². The summed E-state index contributed by atoms with van der Waals surface area (Å²) < 4.78 is 1.08. The van der Waals surface area contributed by atoms with Gasteiger partial charge in [-0.05, 0) is 48.0 Å². The van der Waals surface area contributed by atoms with Crippen molar-refractivity contribution >= 4 is 32.4 Å². The lowest BCUT2D eigenvalue weighted by Crippen LogP contribution is -2.00. The first-order valence-corrected chi connectivity index (χ1v) is 7.63. The van der Waals surface area contributed by atoms with Crippen LogP contribution < -0.4 is 5.32 Å². The minimum absolute atomic E-state index is 0.331. The van der Waals surface area contributed by atoms with E-state index in [1.165, 1.54) is 10.8 Å². The fraction of sp³-hybridized carbons (Fsp3) is 0.111. The molecule has 0 spiro atoms. The molecule has 0 aliphatic heterocycles. The van der Waals surface area contributed by atoms with Crippen LogP contribution in [0.25, 0.3) is 10.8 Å². The SMILES string of the molecule is Cc1ccc(O)c(CNc2ccc3cc(Br)ccc3c2)c1. The van der Waals surface area contributed by atoms with Crippen molar-refractivity contribution in [3.8, 4) is 5.75 Å². The van der Waals surface area contributed by atoms with Gasteiger partial charge in [0.05, 0.1) is 0 Å². The van der Waals surface area contributed by atoms with Gasteiger partial charge in [0.25, 0.3) is 0 Å². The Kier molecular flexibility index (Phi) is 3.84. The third-order valence-electron chi connectivity index (χ3n) is 3.52. The molecule has 0 saturated carbocycles. The number of fused-ring (bicyclic) bond motifs is 1. The Labute approximate surface area is 132 Å². The molecule has 0 fully saturated rings. The van der Waals surface area contributed by atoms with E-state index in [-0.39, 0.29) is 0 Å². The standard InChI is InChI=1S/C18H16BrNO/c1-12-2-7-18(21)15(8-12)11-20-17-6-4-13-9-16(19)5-3-14(13)10-17/h2-10,20-21H,11H2,1H3. The molecule has 3 heteroatoms. The van der Waals surface area contributed by atoms with Crippen LogP contribution in [0.4, 0.5) is 5.69 Å². The normalized spacial score (nSPS) is 10.8. The van der Waals surface area contributed by atoms with Crippen LogP contribution in [0.2, 0.25) is 0 Å². The van der Waals surface area contributed by atoms with E-state index in [0.29, 0.717) is 12.3 Å². The number of hydrogen-bond donors (Lipinski definition) is 2. The van der Waals surface area contributed by atoms with Crippen LogP contribution >= 0.6 is 15.9 Å². The van der Waals surface area contributed by atoms with E-state index in [1.54, 1.807) is 6.07 Å². The van der Waals surface area contributed by atoms with Crippen LogP contribution in [-0.2, 0) is 6.54 Å². The number of rotatable bonds is 3. The van der Waals surface area contributed by atoms with Crippen LogP contribution in [0.15, 0.2) is 59.1 Å². The number of aryl methyl sites for hydroxylation is 1. The molecule has 0 atom stereocenters. The van der Waals surface area contributed by atoms with Crippen molar-refractivity contribution in [2.75, 3.05) is 5.32 Å². The zero-order chi connectivity index (χ0) is 14.8. The molecule has 0 aromatic heterocycles. The second-order valence-corrected chi connectivity index (χ2v) is 6.11. The molecule has 2 N–H and O–H groups in total. The maximum absolute atomic E-state index is 9.87. The Morgan fingerprint density at radius 1 is 0.952 bits per heavy atom. The molecule has 3 rings (SSSR count). The molecular formula is C18H16BrNO. The van der Waals surface area contributed by atoms with E-state index in [4.69, 9.17) is 0 Å². The highest BCUT2D eigenvalue weighted by Crippen LogP contribution is 2.24. The van der Waals surface area contributed by atoms with Crippen molar-refractivity contribution in [2.45, 2.75) is 13.5 Å². The molecule has 0 bridgehead atoms. The molecule has 2 nitrogen and oxygen atoms in total. The summed E-state index contributed by atoms with van der Waals surface area (Å²) in [4.78, 5) is 0. The van der Waals surface area contributed by atoms with Crippen molar-refractivity contribution in [1.29, 1.82) is 0 Å². The topological polar surface area (TPSA) is 32.3 Å². The number of benzene rings is 3. The van der Waals surface area contributed by atoms with Crippen LogP contribution in [-0.4, -0.2) is 5.11 Å². The average molecular weight is 342 g/mol. The van der Waals surface area contributed by atoms with Gasteiger partial charge in [-0.1, -0.05) is 45.8 Å². The van der Waals surface area contributed by atoms with E-state index < -0.39 is 0 Å². The van der Waals surface area contributed by atoms with Gasteiger partial charge in [0.15, 0.2) is 0 Å². The monoisotopic (exact) mass is 341 g/mol. The summed E-state index contributed by atoms with van der Waals surface area (Å²) in [6, 6.07) is 18.2. The zero-order valence-corrected chi connectivity index (χ0v) is 13.3. The lowest BCUT2D eigenvalue weighted by molar-refractivity contribution is 0.469. The Hall–Kier alpha value is -2.00. The molecule has 3 aromatic carbocycles. The first-order valence-electron chi connectivity index (χ1n) is 6.83. The number of hydrogen-bond acceptors (Lipinski definition) is 2. The third kappa shape index (κ3) is 3.19. The van der Waals surface area contributed by atoms with Crippen molar-refractivity contribution in [1.82, 2.24) is 0 Å². The number of nitrogens with one attached hydrogen (secondary N) is 1. The van der Waals surface area contributed by atoms with Gasteiger partial charge in [-0.25, -0.2) is 0 Å². The highest BCUT2D eigenvalue weighted by atomic mass is 79.9. The highest BCUT2D eigenvalue weighted by molar-refractivity contribution is 9.10. The van der Waals surface area contributed by atoms with Gasteiger partial charge in [0.2, 0.25) is 0 Å². The second kappa shape index (κ2) is 5.78. The summed E-state index contributed by atoms with van der Waals surface area (Å²) in [5.41, 5.74) is 3.10. The minimum Gasteiger partial charge on any atom is -0.508 e. The molecule has 0 aliphatic rings. The average Bonchev–Trinajstić information content (AvgIpc) is 2.48. The maximum Gasteiger partial charge on any atom is 0.120 e. The molecule has 3 aromatic rings.